The van der Waals surface area contributed by atoms with Crippen LogP contribution in [0.5, 0.6) is 5.88 Å². The molecule has 2 aromatic rings. The molecule has 2 rings (SSSR count). The molecule has 1 unspecified atom stereocenters. The Morgan fingerprint density at radius 3 is 2.74 bits per heavy atom. The van der Waals surface area contributed by atoms with Gasteiger partial charge >= 0.3 is 0 Å². The number of aromatic nitrogens is 2. The van der Waals surface area contributed by atoms with E-state index in [9.17, 15) is 4.79 Å². The van der Waals surface area contributed by atoms with Crippen molar-refractivity contribution in [1.82, 2.24) is 15.1 Å². The number of nitrogens with one attached hydrogen (secondary N) is 1. The Balaban J connectivity index is 2.20. The van der Waals surface area contributed by atoms with E-state index in [1.807, 2.05) is 30.3 Å². The maximum absolute atomic E-state index is 11.4. The summed E-state index contributed by atoms with van der Waals surface area (Å²) in [4.78, 5) is 11.4. The summed E-state index contributed by atoms with van der Waals surface area (Å²) in [7, 11) is 1.57. The molecular formula is C13H14BrN3O2. The highest BCUT2D eigenvalue weighted by Gasteiger charge is 2.17. The predicted molar refractivity (Wildman–Crippen MR) is 75.4 cm³/mol. The van der Waals surface area contributed by atoms with Crippen LogP contribution < -0.4 is 10.1 Å². The van der Waals surface area contributed by atoms with Crippen LogP contribution in [0.2, 0.25) is 0 Å². The molecule has 0 saturated heterocycles. The third-order valence-electron chi connectivity index (χ3n) is 2.56. The second kappa shape index (κ2) is 5.88. The number of hydrogen-bond acceptors (Lipinski definition) is 3. The zero-order valence-electron chi connectivity index (χ0n) is 10.6. The molecule has 1 amide bonds. The molecule has 0 aliphatic carbocycles. The smallest absolute Gasteiger partial charge is 0.260 e. The maximum atomic E-state index is 11.4. The van der Waals surface area contributed by atoms with E-state index in [1.54, 1.807) is 24.9 Å². The van der Waals surface area contributed by atoms with Crippen LogP contribution in [0.25, 0.3) is 5.69 Å². The monoisotopic (exact) mass is 323 g/mol. The number of carbonyl (C=O) groups is 1. The van der Waals surface area contributed by atoms with Crippen LogP contribution in [0, 0.1) is 0 Å². The topological polar surface area (TPSA) is 56.1 Å². The third-order valence-corrected chi connectivity index (χ3v) is 3.11. The van der Waals surface area contributed by atoms with E-state index in [4.69, 9.17) is 4.74 Å². The highest BCUT2D eigenvalue weighted by Crippen LogP contribution is 2.25. The van der Waals surface area contributed by atoms with E-state index >= 15 is 0 Å². The first-order chi connectivity index (χ1) is 9.11. The summed E-state index contributed by atoms with van der Waals surface area (Å²) in [6.45, 7) is 1.67. The summed E-state index contributed by atoms with van der Waals surface area (Å²) in [5.74, 6) is 0.195. The van der Waals surface area contributed by atoms with Crippen LogP contribution in [0.4, 0.5) is 0 Å². The van der Waals surface area contributed by atoms with Gasteiger partial charge < -0.3 is 10.1 Å². The second-order valence-electron chi connectivity index (χ2n) is 3.94. The maximum Gasteiger partial charge on any atom is 0.260 e. The van der Waals surface area contributed by atoms with Gasteiger partial charge in [-0.15, -0.1) is 5.10 Å². The van der Waals surface area contributed by atoms with Crippen molar-refractivity contribution in [2.24, 2.45) is 0 Å². The van der Waals surface area contributed by atoms with Crippen molar-refractivity contribution in [3.63, 3.8) is 0 Å². The molecule has 6 heteroatoms. The normalized spacial score (nSPS) is 11.9. The first-order valence-corrected chi connectivity index (χ1v) is 6.60. The minimum Gasteiger partial charge on any atom is -0.463 e. The Morgan fingerprint density at radius 2 is 2.11 bits per heavy atom. The summed E-state index contributed by atoms with van der Waals surface area (Å²) in [6.07, 6.45) is 1.20. The lowest BCUT2D eigenvalue weighted by molar-refractivity contribution is -0.126. The Morgan fingerprint density at radius 1 is 1.42 bits per heavy atom. The molecule has 0 aliphatic rings. The molecule has 1 heterocycles. The third kappa shape index (κ3) is 3.14. The number of halogens is 1. The van der Waals surface area contributed by atoms with Crippen molar-refractivity contribution in [2.45, 2.75) is 13.0 Å². The van der Waals surface area contributed by atoms with Gasteiger partial charge in [-0.3, -0.25) is 4.79 Å². The molecule has 0 saturated carbocycles. The first-order valence-electron chi connectivity index (χ1n) is 5.80. The van der Waals surface area contributed by atoms with E-state index in [-0.39, 0.29) is 5.91 Å². The molecule has 0 bridgehead atoms. The highest BCUT2D eigenvalue weighted by atomic mass is 79.9. The van der Waals surface area contributed by atoms with Crippen molar-refractivity contribution in [3.05, 3.63) is 41.0 Å². The van der Waals surface area contributed by atoms with Gasteiger partial charge in [0, 0.05) is 13.2 Å². The van der Waals surface area contributed by atoms with Crippen LogP contribution in [0.15, 0.2) is 41.0 Å². The van der Waals surface area contributed by atoms with Crippen molar-refractivity contribution >= 4 is 21.8 Å². The fraction of sp³-hybridized carbons (Fsp3) is 0.231. The Bertz CT molecular complexity index is 569. The Kier molecular flexibility index (Phi) is 4.21. The SMILES string of the molecule is CNC(=O)C(C)Oc1nn(-c2ccccc2)cc1Br. The van der Waals surface area contributed by atoms with Crippen LogP contribution in [-0.4, -0.2) is 28.8 Å². The standard InChI is InChI=1S/C13H14BrN3O2/c1-9(12(18)15-2)19-13-11(14)8-17(16-13)10-6-4-3-5-7-10/h3-9H,1-2H3,(H,15,18). The number of likely N-dealkylation sites (N-methyl/N-ethyl adjacent to an activating group) is 1. The zero-order valence-corrected chi connectivity index (χ0v) is 12.2. The molecule has 19 heavy (non-hydrogen) atoms. The van der Waals surface area contributed by atoms with Crippen LogP contribution in [0.3, 0.4) is 0 Å². The summed E-state index contributed by atoms with van der Waals surface area (Å²) >= 11 is 3.37. The molecule has 5 nitrogen and oxygen atoms in total. The van der Waals surface area contributed by atoms with Gasteiger partial charge in [0.1, 0.15) is 0 Å². The van der Waals surface area contributed by atoms with Crippen molar-refractivity contribution in [3.8, 4) is 11.6 Å². The van der Waals surface area contributed by atoms with Crippen molar-refractivity contribution in [2.75, 3.05) is 7.05 Å². The number of benzene rings is 1. The summed E-state index contributed by atoms with van der Waals surface area (Å²) < 4.78 is 7.90. The van der Waals surface area contributed by atoms with E-state index < -0.39 is 6.10 Å². The van der Waals surface area contributed by atoms with Gasteiger partial charge in [0.25, 0.3) is 5.91 Å². The van der Waals surface area contributed by atoms with Crippen LogP contribution in [-0.2, 0) is 4.79 Å². The van der Waals surface area contributed by atoms with Gasteiger partial charge in [0.05, 0.1) is 10.2 Å². The van der Waals surface area contributed by atoms with Gasteiger partial charge in [0.2, 0.25) is 5.88 Å². The van der Waals surface area contributed by atoms with E-state index in [1.165, 1.54) is 0 Å². The molecular weight excluding hydrogens is 310 g/mol. The number of rotatable bonds is 4. The molecule has 0 spiro atoms. The molecule has 0 radical (unpaired) electrons. The van der Waals surface area contributed by atoms with Gasteiger partial charge in [-0.25, -0.2) is 4.68 Å². The fourth-order valence-corrected chi connectivity index (χ4v) is 1.92. The number of amides is 1. The first kappa shape index (κ1) is 13.6. The van der Waals surface area contributed by atoms with Gasteiger partial charge in [-0.1, -0.05) is 18.2 Å². The zero-order chi connectivity index (χ0) is 13.8. The molecule has 0 fully saturated rings. The lowest BCUT2D eigenvalue weighted by atomic mass is 10.3. The lowest BCUT2D eigenvalue weighted by Gasteiger charge is -2.10. The van der Waals surface area contributed by atoms with E-state index in [0.717, 1.165) is 5.69 Å². The molecule has 1 aromatic carbocycles. The second-order valence-corrected chi connectivity index (χ2v) is 4.79. The van der Waals surface area contributed by atoms with Gasteiger partial charge in [-0.2, -0.15) is 0 Å². The van der Waals surface area contributed by atoms with Crippen molar-refractivity contribution < 1.29 is 9.53 Å². The minimum atomic E-state index is -0.597. The molecule has 1 aromatic heterocycles. The minimum absolute atomic E-state index is 0.193. The predicted octanol–water partition coefficient (Wildman–Crippen LogP) is 2.15. The van der Waals surface area contributed by atoms with E-state index in [2.05, 4.69) is 26.3 Å². The van der Waals surface area contributed by atoms with Crippen LogP contribution >= 0.6 is 15.9 Å². The average Bonchev–Trinajstić information content (AvgIpc) is 2.80. The quantitative estimate of drug-likeness (QED) is 0.938. The summed E-state index contributed by atoms with van der Waals surface area (Å²) in [6, 6.07) is 9.67. The number of carbonyl (C=O) groups excluding carboxylic acids is 1. The number of ether oxygens (including phenoxy) is 1. The number of para-hydroxylation sites is 1. The Hall–Kier alpha value is -1.82. The summed E-state index contributed by atoms with van der Waals surface area (Å²) in [5, 5.41) is 6.83. The van der Waals surface area contributed by atoms with Crippen molar-refractivity contribution in [1.29, 1.82) is 0 Å². The lowest BCUT2D eigenvalue weighted by Crippen LogP contribution is -2.33. The largest absolute Gasteiger partial charge is 0.463 e. The average molecular weight is 324 g/mol. The molecule has 1 N–H and O–H groups in total. The molecule has 100 valence electrons. The summed E-state index contributed by atoms with van der Waals surface area (Å²) in [5.41, 5.74) is 0.922. The number of nitrogens with zero attached hydrogens (tertiary/aromatic N) is 2. The fourth-order valence-electron chi connectivity index (χ4n) is 1.55. The molecule has 1 atom stereocenters. The van der Waals surface area contributed by atoms with E-state index in [0.29, 0.717) is 10.4 Å². The molecule has 0 aliphatic heterocycles. The van der Waals surface area contributed by atoms with Crippen LogP contribution in [0.1, 0.15) is 6.92 Å². The number of hydrogen-bond donors (Lipinski definition) is 1. The Labute approximate surface area is 119 Å². The van der Waals surface area contributed by atoms with Gasteiger partial charge in [-0.05, 0) is 35.0 Å². The van der Waals surface area contributed by atoms with Gasteiger partial charge in [0.15, 0.2) is 6.10 Å². The highest BCUT2D eigenvalue weighted by molar-refractivity contribution is 9.10.